The molecule has 9 heteroatoms. The first-order valence-corrected chi connectivity index (χ1v) is 13.4. The van der Waals surface area contributed by atoms with E-state index in [1.165, 1.54) is 0 Å². The molecule has 0 aromatic heterocycles. The number of likely N-dealkylation sites (tertiary alicyclic amines) is 1. The summed E-state index contributed by atoms with van der Waals surface area (Å²) in [5, 5.41) is 14.6. The maximum absolute atomic E-state index is 13.6. The molecule has 1 unspecified atom stereocenters. The first kappa shape index (κ1) is 32.1. The fourth-order valence-electron chi connectivity index (χ4n) is 4.61. The van der Waals surface area contributed by atoms with Crippen molar-refractivity contribution in [3.05, 3.63) is 11.6 Å². The Morgan fingerprint density at radius 2 is 1.75 bits per heavy atom. The second kappa shape index (κ2) is 16.0. The Balaban J connectivity index is 2.94. The van der Waals surface area contributed by atoms with Gasteiger partial charge in [-0.1, -0.05) is 40.2 Å². The summed E-state index contributed by atoms with van der Waals surface area (Å²) >= 11 is 0. The molecule has 1 aliphatic heterocycles. The highest BCUT2D eigenvalue weighted by Crippen LogP contribution is 2.21. The lowest BCUT2D eigenvalue weighted by Gasteiger charge is -2.39. The van der Waals surface area contributed by atoms with E-state index in [1.807, 2.05) is 33.8 Å². The van der Waals surface area contributed by atoms with Crippen LogP contribution in [0.3, 0.4) is 0 Å². The van der Waals surface area contributed by atoms with Crippen molar-refractivity contribution in [1.29, 1.82) is 0 Å². The molecule has 0 spiro atoms. The molecule has 0 aromatic rings. The van der Waals surface area contributed by atoms with E-state index in [9.17, 15) is 14.4 Å². The van der Waals surface area contributed by atoms with Gasteiger partial charge in [-0.2, -0.15) is 0 Å². The van der Waals surface area contributed by atoms with Gasteiger partial charge in [0.15, 0.2) is 0 Å². The maximum Gasteiger partial charge on any atom is 0.246 e. The van der Waals surface area contributed by atoms with E-state index in [1.54, 1.807) is 18.9 Å². The van der Waals surface area contributed by atoms with Crippen LogP contribution in [0.15, 0.2) is 11.6 Å². The molecule has 9 nitrogen and oxygen atoms in total. The fraction of sp³-hybridized carbons (Fsp3) is 0.815. The zero-order chi connectivity index (χ0) is 27.4. The van der Waals surface area contributed by atoms with Crippen LogP contribution in [0, 0.1) is 11.8 Å². The number of amides is 3. The SMILES string of the molecule is C/C(=C\[C@H](C(C)C)N(C)C(=O)[C@@H](NC(=O)C1CCCCN1C(C)C)C(C)C)C(=O)NCCOCCO. The molecule has 1 saturated heterocycles. The van der Waals surface area contributed by atoms with Crippen molar-refractivity contribution >= 4 is 17.7 Å². The summed E-state index contributed by atoms with van der Waals surface area (Å²) < 4.78 is 5.17. The summed E-state index contributed by atoms with van der Waals surface area (Å²) in [4.78, 5) is 43.3. The smallest absolute Gasteiger partial charge is 0.246 e. The van der Waals surface area contributed by atoms with Crippen LogP contribution < -0.4 is 10.6 Å². The van der Waals surface area contributed by atoms with Crippen molar-refractivity contribution in [1.82, 2.24) is 20.4 Å². The van der Waals surface area contributed by atoms with E-state index in [0.29, 0.717) is 18.7 Å². The first-order valence-electron chi connectivity index (χ1n) is 13.4. The van der Waals surface area contributed by atoms with Crippen LogP contribution in [0.5, 0.6) is 0 Å². The molecule has 1 fully saturated rings. The number of likely N-dealkylation sites (N-methyl/N-ethyl adjacent to an activating group) is 1. The standard InChI is InChI=1S/C27H50N4O5/c1-18(2)23(17-21(7)25(33)28-12-15-36-16-14-32)30(8)27(35)24(19(3)4)29-26(34)22-11-9-10-13-31(22)20(5)6/h17-20,22-24,32H,9-16H2,1-8H3,(H,28,33)(H,29,34)/b21-17+/t22?,23-,24+/m1/s1. The summed E-state index contributed by atoms with van der Waals surface area (Å²) in [6.45, 7) is 15.5. The van der Waals surface area contributed by atoms with Crippen LogP contribution in [0.1, 0.15) is 67.7 Å². The number of carbonyl (C=O) groups is 3. The van der Waals surface area contributed by atoms with Gasteiger partial charge in [-0.3, -0.25) is 19.3 Å². The van der Waals surface area contributed by atoms with Crippen molar-refractivity contribution in [3.8, 4) is 0 Å². The lowest BCUT2D eigenvalue weighted by molar-refractivity contribution is -0.140. The molecule has 1 rings (SSSR count). The van der Waals surface area contributed by atoms with Gasteiger partial charge in [-0.15, -0.1) is 0 Å². The molecule has 3 amide bonds. The average molecular weight is 511 g/mol. The molecule has 0 radical (unpaired) electrons. The van der Waals surface area contributed by atoms with Gasteiger partial charge in [0, 0.05) is 25.2 Å². The summed E-state index contributed by atoms with van der Waals surface area (Å²) in [5.74, 6) is -0.493. The quantitative estimate of drug-likeness (QED) is 0.243. The van der Waals surface area contributed by atoms with E-state index in [0.717, 1.165) is 25.8 Å². The van der Waals surface area contributed by atoms with E-state index in [4.69, 9.17) is 9.84 Å². The second-order valence-corrected chi connectivity index (χ2v) is 10.7. The highest BCUT2D eigenvalue weighted by Gasteiger charge is 2.35. The minimum atomic E-state index is -0.647. The van der Waals surface area contributed by atoms with Crippen LogP contribution in [0.4, 0.5) is 0 Å². The number of ether oxygens (including phenoxy) is 1. The molecule has 0 saturated carbocycles. The van der Waals surface area contributed by atoms with Gasteiger partial charge < -0.3 is 25.4 Å². The van der Waals surface area contributed by atoms with Gasteiger partial charge in [-0.05, 0) is 52.0 Å². The Labute approximate surface area is 218 Å². The molecule has 208 valence electrons. The zero-order valence-electron chi connectivity index (χ0n) is 23.7. The van der Waals surface area contributed by atoms with Crippen molar-refractivity contribution in [2.45, 2.75) is 91.9 Å². The van der Waals surface area contributed by atoms with E-state index in [2.05, 4.69) is 29.4 Å². The lowest BCUT2D eigenvalue weighted by atomic mass is 9.95. The highest BCUT2D eigenvalue weighted by molar-refractivity contribution is 5.93. The Bertz CT molecular complexity index is 738. The number of aliphatic hydroxyl groups excluding tert-OH is 1. The zero-order valence-corrected chi connectivity index (χ0v) is 23.7. The number of nitrogens with one attached hydrogen (secondary N) is 2. The third-order valence-electron chi connectivity index (χ3n) is 6.77. The van der Waals surface area contributed by atoms with E-state index < -0.39 is 6.04 Å². The normalized spacial score (nSPS) is 18.9. The van der Waals surface area contributed by atoms with Crippen LogP contribution in [-0.2, 0) is 19.1 Å². The van der Waals surface area contributed by atoms with Crippen LogP contribution in [-0.4, -0.2) is 96.8 Å². The molecule has 0 aliphatic carbocycles. The Morgan fingerprint density at radius 1 is 1.08 bits per heavy atom. The second-order valence-electron chi connectivity index (χ2n) is 10.7. The van der Waals surface area contributed by atoms with E-state index >= 15 is 0 Å². The number of nitrogens with zero attached hydrogens (tertiary/aromatic N) is 2. The molecule has 0 bridgehead atoms. The highest BCUT2D eigenvalue weighted by atomic mass is 16.5. The van der Waals surface area contributed by atoms with Crippen molar-refractivity contribution < 1.29 is 24.2 Å². The Kier molecular flexibility index (Phi) is 14.2. The number of rotatable bonds is 14. The Morgan fingerprint density at radius 3 is 2.31 bits per heavy atom. The molecule has 0 aromatic carbocycles. The predicted molar refractivity (Wildman–Crippen MR) is 142 cm³/mol. The monoisotopic (exact) mass is 510 g/mol. The van der Waals surface area contributed by atoms with Gasteiger partial charge >= 0.3 is 0 Å². The van der Waals surface area contributed by atoms with Gasteiger partial charge in [-0.25, -0.2) is 0 Å². The maximum atomic E-state index is 13.6. The predicted octanol–water partition coefficient (Wildman–Crippen LogP) is 1.94. The van der Waals surface area contributed by atoms with Gasteiger partial charge in [0.2, 0.25) is 17.7 Å². The van der Waals surface area contributed by atoms with Crippen molar-refractivity contribution in [2.75, 3.05) is 40.0 Å². The fourth-order valence-corrected chi connectivity index (χ4v) is 4.61. The largest absolute Gasteiger partial charge is 0.394 e. The molecule has 3 atom stereocenters. The van der Waals surface area contributed by atoms with Crippen LogP contribution >= 0.6 is 0 Å². The number of hydrogen-bond donors (Lipinski definition) is 3. The summed E-state index contributed by atoms with van der Waals surface area (Å²) in [7, 11) is 1.74. The summed E-state index contributed by atoms with van der Waals surface area (Å²) in [6, 6.07) is -0.909. The summed E-state index contributed by atoms with van der Waals surface area (Å²) in [5.41, 5.74) is 0.510. The number of piperidine rings is 1. The molecule has 1 heterocycles. The average Bonchev–Trinajstić information content (AvgIpc) is 2.83. The minimum Gasteiger partial charge on any atom is -0.394 e. The Hall–Kier alpha value is -1.97. The van der Waals surface area contributed by atoms with Gasteiger partial charge in [0.25, 0.3) is 0 Å². The van der Waals surface area contributed by atoms with Crippen molar-refractivity contribution in [3.63, 3.8) is 0 Å². The number of hydrogen-bond acceptors (Lipinski definition) is 6. The van der Waals surface area contributed by atoms with Crippen LogP contribution in [0.2, 0.25) is 0 Å². The molecule has 1 aliphatic rings. The molecular formula is C27H50N4O5. The molecule has 36 heavy (non-hydrogen) atoms. The van der Waals surface area contributed by atoms with E-state index in [-0.39, 0.29) is 60.9 Å². The summed E-state index contributed by atoms with van der Waals surface area (Å²) in [6.07, 6.45) is 4.71. The minimum absolute atomic E-state index is 0.0578. The van der Waals surface area contributed by atoms with Gasteiger partial charge in [0.1, 0.15) is 6.04 Å². The number of carbonyl (C=O) groups excluding carboxylic acids is 3. The van der Waals surface area contributed by atoms with Crippen LogP contribution in [0.25, 0.3) is 0 Å². The third kappa shape index (κ3) is 9.82. The molecule has 3 N–H and O–H groups in total. The third-order valence-corrected chi connectivity index (χ3v) is 6.77. The topological polar surface area (TPSA) is 111 Å². The van der Waals surface area contributed by atoms with Gasteiger partial charge in [0.05, 0.1) is 31.9 Å². The molecular weight excluding hydrogens is 460 g/mol. The lowest BCUT2D eigenvalue weighted by Crippen LogP contribution is -2.58. The van der Waals surface area contributed by atoms with Crippen molar-refractivity contribution in [2.24, 2.45) is 11.8 Å². The number of aliphatic hydroxyl groups is 1. The first-order chi connectivity index (χ1) is 16.9.